The predicted octanol–water partition coefficient (Wildman–Crippen LogP) is 4.66. The van der Waals surface area contributed by atoms with E-state index < -0.39 is 5.91 Å². The Morgan fingerprint density at radius 2 is 2.17 bits per heavy atom. The molecule has 0 radical (unpaired) electrons. The smallest absolute Gasteiger partial charge is 0.263 e. The number of thiophene rings is 2. The second kappa shape index (κ2) is 7.79. The fourth-order valence-electron chi connectivity index (χ4n) is 2.90. The number of carbonyl (C=O) groups excluding carboxylic acids is 1. The number of benzene rings is 1. The van der Waals surface area contributed by atoms with E-state index in [2.05, 4.69) is 10.3 Å². The van der Waals surface area contributed by atoms with Gasteiger partial charge in [-0.05, 0) is 37.3 Å². The van der Waals surface area contributed by atoms with Crippen molar-refractivity contribution in [1.29, 1.82) is 5.26 Å². The summed E-state index contributed by atoms with van der Waals surface area (Å²) in [6, 6.07) is 10.6. The van der Waals surface area contributed by atoms with Crippen molar-refractivity contribution < 1.29 is 4.79 Å². The maximum atomic E-state index is 13.0. The third-order valence-electron chi connectivity index (χ3n) is 4.26. The van der Waals surface area contributed by atoms with Crippen LogP contribution in [0.1, 0.15) is 10.4 Å². The van der Waals surface area contributed by atoms with Crippen molar-refractivity contribution in [2.75, 3.05) is 5.32 Å². The molecule has 29 heavy (non-hydrogen) atoms. The number of rotatable bonds is 4. The Kier molecular flexibility index (Phi) is 5.20. The highest BCUT2D eigenvalue weighted by Crippen LogP contribution is 2.34. The highest BCUT2D eigenvalue weighted by atomic mass is 35.5. The van der Waals surface area contributed by atoms with Gasteiger partial charge in [-0.15, -0.1) is 22.7 Å². The zero-order valence-electron chi connectivity index (χ0n) is 15.1. The zero-order valence-corrected chi connectivity index (χ0v) is 17.5. The number of anilines is 1. The van der Waals surface area contributed by atoms with Crippen LogP contribution in [0.5, 0.6) is 0 Å². The maximum Gasteiger partial charge on any atom is 0.263 e. The first kappa shape index (κ1) is 19.3. The average Bonchev–Trinajstić information content (AvgIpc) is 3.30. The molecule has 0 saturated carbocycles. The average molecular weight is 441 g/mol. The number of halogens is 1. The summed E-state index contributed by atoms with van der Waals surface area (Å²) >= 11 is 8.95. The van der Waals surface area contributed by atoms with Gasteiger partial charge in [-0.2, -0.15) is 5.26 Å². The molecule has 0 aliphatic heterocycles. The van der Waals surface area contributed by atoms with Crippen molar-refractivity contribution in [2.24, 2.45) is 0 Å². The Morgan fingerprint density at radius 3 is 2.90 bits per heavy atom. The first-order chi connectivity index (χ1) is 14.0. The highest BCUT2D eigenvalue weighted by molar-refractivity contribution is 7.19. The fourth-order valence-corrected chi connectivity index (χ4v) is 4.94. The van der Waals surface area contributed by atoms with Crippen LogP contribution in [0.3, 0.4) is 0 Å². The molecule has 0 aliphatic rings. The van der Waals surface area contributed by atoms with Gasteiger partial charge in [-0.3, -0.25) is 14.2 Å². The van der Waals surface area contributed by atoms with Gasteiger partial charge in [0.1, 0.15) is 17.4 Å². The summed E-state index contributed by atoms with van der Waals surface area (Å²) < 4.78 is 1.27. The van der Waals surface area contributed by atoms with Gasteiger partial charge in [-0.1, -0.05) is 11.6 Å². The SMILES string of the molecule is Cc1ccc(-c2csc3ncn(CC(=O)Nc4cc(Cl)ccc4C#N)c(=O)c23)s1. The molecule has 0 saturated heterocycles. The molecule has 0 bridgehead atoms. The lowest BCUT2D eigenvalue weighted by molar-refractivity contribution is -0.116. The molecule has 1 N–H and O–H groups in total. The van der Waals surface area contributed by atoms with Crippen molar-refractivity contribution in [2.45, 2.75) is 13.5 Å². The number of hydrogen-bond acceptors (Lipinski definition) is 6. The molecular formula is C20H13ClN4O2S2. The normalized spacial score (nSPS) is 10.8. The summed E-state index contributed by atoms with van der Waals surface area (Å²) in [5.41, 5.74) is 1.14. The Hall–Kier alpha value is -2.99. The molecule has 144 valence electrons. The molecule has 9 heteroatoms. The molecule has 0 aliphatic carbocycles. The van der Waals surface area contributed by atoms with Crippen molar-refractivity contribution in [3.8, 4) is 16.5 Å². The lowest BCUT2D eigenvalue weighted by Crippen LogP contribution is -2.28. The van der Waals surface area contributed by atoms with E-state index in [1.54, 1.807) is 17.4 Å². The first-order valence-corrected chi connectivity index (χ1v) is 10.6. The van der Waals surface area contributed by atoms with E-state index in [1.165, 1.54) is 34.4 Å². The van der Waals surface area contributed by atoms with E-state index >= 15 is 0 Å². The minimum Gasteiger partial charge on any atom is -0.323 e. The molecule has 6 nitrogen and oxygen atoms in total. The zero-order chi connectivity index (χ0) is 20.5. The van der Waals surface area contributed by atoms with Crippen LogP contribution in [0.4, 0.5) is 5.69 Å². The monoisotopic (exact) mass is 440 g/mol. The summed E-state index contributed by atoms with van der Waals surface area (Å²) in [5, 5.41) is 14.6. The second-order valence-corrected chi connectivity index (χ2v) is 8.85. The van der Waals surface area contributed by atoms with Crippen LogP contribution in [0, 0.1) is 18.3 Å². The Balaban J connectivity index is 1.66. The van der Waals surface area contributed by atoms with Gasteiger partial charge in [0.15, 0.2) is 0 Å². The van der Waals surface area contributed by atoms with Crippen LogP contribution in [-0.2, 0) is 11.3 Å². The second-order valence-electron chi connectivity index (χ2n) is 6.27. The lowest BCUT2D eigenvalue weighted by atomic mass is 10.2. The summed E-state index contributed by atoms with van der Waals surface area (Å²) in [7, 11) is 0. The van der Waals surface area contributed by atoms with Gasteiger partial charge in [0.25, 0.3) is 5.56 Å². The Bertz CT molecular complexity index is 1350. The molecule has 0 fully saturated rings. The number of amides is 1. The number of carbonyl (C=O) groups is 1. The number of fused-ring (bicyclic) bond motifs is 1. The van der Waals surface area contributed by atoms with Crippen LogP contribution in [0.25, 0.3) is 20.7 Å². The lowest BCUT2D eigenvalue weighted by Gasteiger charge is -2.09. The van der Waals surface area contributed by atoms with Crippen molar-refractivity contribution in [3.63, 3.8) is 0 Å². The van der Waals surface area contributed by atoms with E-state index in [1.807, 2.05) is 30.5 Å². The van der Waals surface area contributed by atoms with Gasteiger partial charge >= 0.3 is 0 Å². The number of hydrogen-bond donors (Lipinski definition) is 1. The van der Waals surface area contributed by atoms with Crippen LogP contribution in [0.2, 0.25) is 5.02 Å². The predicted molar refractivity (Wildman–Crippen MR) is 117 cm³/mol. The van der Waals surface area contributed by atoms with Crippen molar-refractivity contribution in [3.05, 3.63) is 67.9 Å². The largest absolute Gasteiger partial charge is 0.323 e. The van der Waals surface area contributed by atoms with Gasteiger partial charge < -0.3 is 5.32 Å². The number of aromatic nitrogens is 2. The van der Waals surface area contributed by atoms with E-state index in [4.69, 9.17) is 11.6 Å². The molecule has 1 aromatic carbocycles. The molecule has 1 amide bonds. The van der Waals surface area contributed by atoms with Gasteiger partial charge in [0.05, 0.1) is 23.0 Å². The molecule has 0 spiro atoms. The van der Waals surface area contributed by atoms with Crippen molar-refractivity contribution in [1.82, 2.24) is 9.55 Å². The third kappa shape index (κ3) is 3.80. The number of nitrogens with one attached hydrogen (secondary N) is 1. The van der Waals surface area contributed by atoms with Crippen LogP contribution >= 0.6 is 34.3 Å². The summed E-state index contributed by atoms with van der Waals surface area (Å²) in [6.45, 7) is 1.78. The first-order valence-electron chi connectivity index (χ1n) is 8.49. The molecule has 0 unspecified atom stereocenters. The van der Waals surface area contributed by atoms with E-state index in [0.29, 0.717) is 20.9 Å². The molecule has 0 atom stereocenters. The van der Waals surface area contributed by atoms with Crippen molar-refractivity contribution >= 4 is 56.1 Å². The van der Waals surface area contributed by atoms with Gasteiger partial charge in [0, 0.05) is 25.7 Å². The summed E-state index contributed by atoms with van der Waals surface area (Å²) in [4.78, 5) is 32.6. The van der Waals surface area contributed by atoms with Crippen LogP contribution < -0.4 is 10.9 Å². The third-order valence-corrected chi connectivity index (χ3v) is 6.41. The highest BCUT2D eigenvalue weighted by Gasteiger charge is 2.16. The van der Waals surface area contributed by atoms with E-state index in [0.717, 1.165) is 15.3 Å². The molecule has 4 rings (SSSR count). The molecular weight excluding hydrogens is 428 g/mol. The van der Waals surface area contributed by atoms with E-state index in [9.17, 15) is 14.9 Å². The minimum atomic E-state index is -0.448. The molecule has 3 aromatic heterocycles. The summed E-state index contributed by atoms with van der Waals surface area (Å²) in [6.07, 6.45) is 1.37. The molecule has 4 aromatic rings. The molecule has 3 heterocycles. The Labute approximate surface area is 178 Å². The Morgan fingerprint density at radius 1 is 1.34 bits per heavy atom. The number of nitrogens with zero attached hydrogens (tertiary/aromatic N) is 3. The number of nitriles is 1. The summed E-state index contributed by atoms with van der Waals surface area (Å²) in [5.74, 6) is -0.448. The van der Waals surface area contributed by atoms with E-state index in [-0.39, 0.29) is 17.7 Å². The number of aryl methyl sites for hydroxylation is 1. The van der Waals surface area contributed by atoms with Gasteiger partial charge in [0.2, 0.25) is 5.91 Å². The standard InChI is InChI=1S/C20H13ClN4O2S2/c1-11-2-5-16(29-11)14-9-28-19-18(14)20(27)25(10-23-19)8-17(26)24-15-6-13(21)4-3-12(15)7-22/h2-6,9-10H,8H2,1H3,(H,24,26). The van der Waals surface area contributed by atoms with Crippen LogP contribution in [-0.4, -0.2) is 15.5 Å². The topological polar surface area (TPSA) is 87.8 Å². The quantitative estimate of drug-likeness (QED) is 0.500. The van der Waals surface area contributed by atoms with Crippen LogP contribution in [0.15, 0.2) is 46.8 Å². The minimum absolute atomic E-state index is 0.224. The maximum absolute atomic E-state index is 13.0. The fraction of sp³-hybridized carbons (Fsp3) is 0.100. The van der Waals surface area contributed by atoms with Gasteiger partial charge in [-0.25, -0.2) is 4.98 Å².